The quantitative estimate of drug-likeness (QED) is 0.847. The summed E-state index contributed by atoms with van der Waals surface area (Å²) in [6, 6.07) is 8.46. The first-order valence-corrected chi connectivity index (χ1v) is 6.56. The molecule has 3 N–H and O–H groups in total. The van der Waals surface area contributed by atoms with Gasteiger partial charge in [-0.2, -0.15) is 0 Å². The number of nitrogens with two attached hydrogens (primary N) is 1. The summed E-state index contributed by atoms with van der Waals surface area (Å²) in [5, 5.41) is 0. The van der Waals surface area contributed by atoms with E-state index in [-0.39, 0.29) is 0 Å². The van der Waals surface area contributed by atoms with Gasteiger partial charge in [-0.15, -0.1) is 0 Å². The molecule has 0 aliphatic heterocycles. The Morgan fingerprint density at radius 2 is 2.00 bits per heavy atom. The summed E-state index contributed by atoms with van der Waals surface area (Å²) in [6.07, 6.45) is 4.11. The zero-order chi connectivity index (χ0) is 13.0. The van der Waals surface area contributed by atoms with Gasteiger partial charge in [-0.1, -0.05) is 43.2 Å². The Balaban J connectivity index is 2.21. The van der Waals surface area contributed by atoms with Gasteiger partial charge >= 0.3 is 0 Å². The number of nitrogens with zero attached hydrogens (tertiary/aromatic N) is 1. The molecule has 0 aliphatic carbocycles. The first kappa shape index (κ1) is 12.8. The van der Waals surface area contributed by atoms with Crippen LogP contribution in [0.15, 0.2) is 30.5 Å². The largest absolute Gasteiger partial charge is 0.342 e. The Morgan fingerprint density at radius 3 is 2.61 bits per heavy atom. The molecule has 0 saturated carbocycles. The minimum atomic E-state index is 0.342. The van der Waals surface area contributed by atoms with Crippen molar-refractivity contribution in [2.24, 2.45) is 5.73 Å². The maximum Gasteiger partial charge on any atom is 0.110 e. The summed E-state index contributed by atoms with van der Waals surface area (Å²) in [7, 11) is 0. The summed E-state index contributed by atoms with van der Waals surface area (Å²) in [5.74, 6) is 1.35. The van der Waals surface area contributed by atoms with E-state index in [9.17, 15) is 0 Å². The number of nitrogens with one attached hydrogen (secondary N) is 1. The van der Waals surface area contributed by atoms with E-state index in [1.807, 2.05) is 6.20 Å². The van der Waals surface area contributed by atoms with E-state index in [1.54, 1.807) is 0 Å². The predicted molar refractivity (Wildman–Crippen MR) is 75.5 cm³/mol. The van der Waals surface area contributed by atoms with Crippen molar-refractivity contribution in [2.45, 2.75) is 32.6 Å². The third-order valence-electron chi connectivity index (χ3n) is 3.27. The van der Waals surface area contributed by atoms with Crippen molar-refractivity contribution in [3.8, 4) is 11.3 Å². The van der Waals surface area contributed by atoms with Crippen molar-refractivity contribution in [2.75, 3.05) is 6.54 Å². The Morgan fingerprint density at radius 1 is 1.28 bits per heavy atom. The monoisotopic (exact) mass is 243 g/mol. The summed E-state index contributed by atoms with van der Waals surface area (Å²) in [6.45, 7) is 4.91. The minimum Gasteiger partial charge on any atom is -0.342 e. The van der Waals surface area contributed by atoms with E-state index in [2.05, 4.69) is 48.1 Å². The lowest BCUT2D eigenvalue weighted by Crippen LogP contribution is -2.13. The highest BCUT2D eigenvalue weighted by molar-refractivity contribution is 5.58. The van der Waals surface area contributed by atoms with Gasteiger partial charge in [0.25, 0.3) is 0 Å². The number of aromatic amines is 1. The predicted octanol–water partition coefficient (Wildman–Crippen LogP) is 3.23. The number of rotatable bonds is 5. The molecular weight excluding hydrogens is 222 g/mol. The molecule has 2 rings (SSSR count). The highest BCUT2D eigenvalue weighted by atomic mass is 14.9. The molecule has 2 aromatic rings. The van der Waals surface area contributed by atoms with E-state index in [0.29, 0.717) is 12.5 Å². The lowest BCUT2D eigenvalue weighted by atomic mass is 10.0. The number of aryl methyl sites for hydroxylation is 1. The standard InChI is InChI=1S/C15H21N3/c1-3-4-13(9-16)15-17-10-14(18-15)12-7-5-11(2)6-8-12/h5-8,10,13H,3-4,9,16H2,1-2H3,(H,17,18). The second-order valence-corrected chi connectivity index (χ2v) is 4.77. The molecule has 0 amide bonds. The zero-order valence-corrected chi connectivity index (χ0v) is 11.1. The van der Waals surface area contributed by atoms with Gasteiger partial charge in [0.1, 0.15) is 5.82 Å². The van der Waals surface area contributed by atoms with Crippen LogP contribution in [0.2, 0.25) is 0 Å². The normalized spacial score (nSPS) is 12.6. The Kier molecular flexibility index (Phi) is 4.15. The van der Waals surface area contributed by atoms with E-state index < -0.39 is 0 Å². The topological polar surface area (TPSA) is 54.7 Å². The molecule has 3 nitrogen and oxygen atoms in total. The maximum absolute atomic E-state index is 5.80. The van der Waals surface area contributed by atoms with Crippen LogP contribution in [0.1, 0.15) is 37.1 Å². The maximum atomic E-state index is 5.80. The van der Waals surface area contributed by atoms with Crippen LogP contribution in [0.4, 0.5) is 0 Å². The van der Waals surface area contributed by atoms with Gasteiger partial charge in [0.05, 0.1) is 11.9 Å². The Bertz CT molecular complexity index is 485. The molecule has 0 aliphatic rings. The summed E-state index contributed by atoms with van der Waals surface area (Å²) in [5.41, 5.74) is 9.31. The average molecular weight is 243 g/mol. The fourth-order valence-electron chi connectivity index (χ4n) is 2.14. The number of hydrogen-bond acceptors (Lipinski definition) is 2. The van der Waals surface area contributed by atoms with Gasteiger partial charge < -0.3 is 10.7 Å². The van der Waals surface area contributed by atoms with Crippen molar-refractivity contribution in [1.29, 1.82) is 0 Å². The molecule has 1 aromatic heterocycles. The van der Waals surface area contributed by atoms with Gasteiger partial charge in [-0.05, 0) is 18.9 Å². The molecule has 1 heterocycles. The summed E-state index contributed by atoms with van der Waals surface area (Å²) >= 11 is 0. The summed E-state index contributed by atoms with van der Waals surface area (Å²) in [4.78, 5) is 7.86. The smallest absolute Gasteiger partial charge is 0.110 e. The van der Waals surface area contributed by atoms with Crippen molar-refractivity contribution in [3.63, 3.8) is 0 Å². The molecule has 0 saturated heterocycles. The number of aromatic nitrogens is 2. The average Bonchev–Trinajstić information content (AvgIpc) is 2.86. The van der Waals surface area contributed by atoms with Gasteiger partial charge in [0.2, 0.25) is 0 Å². The fourth-order valence-corrected chi connectivity index (χ4v) is 2.14. The minimum absolute atomic E-state index is 0.342. The SMILES string of the molecule is CCCC(CN)c1ncc(-c2ccc(C)cc2)[nH]1. The molecular formula is C15H21N3. The highest BCUT2D eigenvalue weighted by Crippen LogP contribution is 2.22. The first-order chi connectivity index (χ1) is 8.74. The Hall–Kier alpha value is -1.61. The van der Waals surface area contributed by atoms with Crippen molar-refractivity contribution >= 4 is 0 Å². The second-order valence-electron chi connectivity index (χ2n) is 4.77. The van der Waals surface area contributed by atoms with E-state index in [0.717, 1.165) is 24.4 Å². The van der Waals surface area contributed by atoms with Crippen LogP contribution in [-0.2, 0) is 0 Å². The van der Waals surface area contributed by atoms with Gasteiger partial charge in [-0.25, -0.2) is 4.98 Å². The van der Waals surface area contributed by atoms with Crippen LogP contribution in [0.3, 0.4) is 0 Å². The molecule has 0 spiro atoms. The number of imidazole rings is 1. The number of benzene rings is 1. The van der Waals surface area contributed by atoms with Gasteiger partial charge in [0.15, 0.2) is 0 Å². The first-order valence-electron chi connectivity index (χ1n) is 6.56. The third kappa shape index (κ3) is 2.79. The van der Waals surface area contributed by atoms with Crippen molar-refractivity contribution in [1.82, 2.24) is 9.97 Å². The third-order valence-corrected chi connectivity index (χ3v) is 3.27. The fraction of sp³-hybridized carbons (Fsp3) is 0.400. The molecule has 0 radical (unpaired) electrons. The van der Waals surface area contributed by atoms with Crippen LogP contribution in [-0.4, -0.2) is 16.5 Å². The highest BCUT2D eigenvalue weighted by Gasteiger charge is 2.12. The van der Waals surface area contributed by atoms with E-state index >= 15 is 0 Å². The summed E-state index contributed by atoms with van der Waals surface area (Å²) < 4.78 is 0. The van der Waals surface area contributed by atoms with Crippen LogP contribution in [0.5, 0.6) is 0 Å². The van der Waals surface area contributed by atoms with Crippen LogP contribution in [0.25, 0.3) is 11.3 Å². The van der Waals surface area contributed by atoms with Crippen molar-refractivity contribution < 1.29 is 0 Å². The second kappa shape index (κ2) is 5.83. The lowest BCUT2D eigenvalue weighted by Gasteiger charge is -2.09. The molecule has 3 heteroatoms. The van der Waals surface area contributed by atoms with Crippen LogP contribution in [0, 0.1) is 6.92 Å². The van der Waals surface area contributed by atoms with E-state index in [1.165, 1.54) is 11.1 Å². The van der Waals surface area contributed by atoms with Crippen LogP contribution < -0.4 is 5.73 Å². The molecule has 0 bridgehead atoms. The molecule has 1 atom stereocenters. The molecule has 0 fully saturated rings. The zero-order valence-electron chi connectivity index (χ0n) is 11.1. The molecule has 18 heavy (non-hydrogen) atoms. The van der Waals surface area contributed by atoms with E-state index in [4.69, 9.17) is 5.73 Å². The molecule has 1 aromatic carbocycles. The van der Waals surface area contributed by atoms with Gasteiger partial charge in [-0.3, -0.25) is 0 Å². The van der Waals surface area contributed by atoms with Gasteiger partial charge in [0, 0.05) is 12.5 Å². The number of hydrogen-bond donors (Lipinski definition) is 2. The van der Waals surface area contributed by atoms with Crippen LogP contribution >= 0.6 is 0 Å². The lowest BCUT2D eigenvalue weighted by molar-refractivity contribution is 0.595. The number of H-pyrrole nitrogens is 1. The Labute approximate surface area is 108 Å². The molecule has 96 valence electrons. The molecule has 1 unspecified atom stereocenters. The van der Waals surface area contributed by atoms with Crippen molar-refractivity contribution in [3.05, 3.63) is 41.9 Å².